The van der Waals surface area contributed by atoms with E-state index >= 15 is 0 Å². The number of hydrogen-bond acceptors (Lipinski definition) is 4. The summed E-state index contributed by atoms with van der Waals surface area (Å²) in [7, 11) is -0.641. The first-order valence-electron chi connectivity index (χ1n) is 9.28. The highest BCUT2D eigenvalue weighted by Crippen LogP contribution is 2.39. The van der Waals surface area contributed by atoms with Crippen molar-refractivity contribution < 1.29 is 18.4 Å². The fourth-order valence-corrected chi connectivity index (χ4v) is 4.05. The number of rotatable bonds is 2. The van der Waals surface area contributed by atoms with E-state index in [1.54, 1.807) is 6.07 Å². The predicted octanol–water partition coefficient (Wildman–Crippen LogP) is 2.44. The molecule has 1 aromatic carbocycles. The maximum atomic E-state index is 14.9. The summed E-state index contributed by atoms with van der Waals surface area (Å²) in [4.78, 5) is 2.42. The average molecular weight is 347 g/mol. The first-order valence-corrected chi connectivity index (χ1v) is 9.28. The van der Waals surface area contributed by atoms with Gasteiger partial charge in [0, 0.05) is 24.6 Å². The highest BCUT2D eigenvalue weighted by atomic mass is 19.1. The summed E-state index contributed by atoms with van der Waals surface area (Å²) in [6.45, 7) is 11.3. The molecule has 1 aliphatic carbocycles. The fourth-order valence-electron chi connectivity index (χ4n) is 4.05. The van der Waals surface area contributed by atoms with E-state index in [0.29, 0.717) is 11.5 Å². The van der Waals surface area contributed by atoms with Crippen LogP contribution in [0.2, 0.25) is 0 Å². The van der Waals surface area contributed by atoms with Gasteiger partial charge in [-0.25, -0.2) is 4.39 Å². The molecule has 1 unspecified atom stereocenters. The first-order chi connectivity index (χ1) is 11.8. The van der Waals surface area contributed by atoms with Crippen molar-refractivity contribution in [2.75, 3.05) is 26.3 Å². The molecule has 3 aliphatic rings. The topological polar surface area (TPSA) is 30.9 Å². The van der Waals surface area contributed by atoms with Crippen molar-refractivity contribution in [3.05, 3.63) is 29.1 Å². The number of nitrogens with zero attached hydrogens (tertiary/aromatic N) is 1. The largest absolute Gasteiger partial charge is 0.497 e. The molecule has 4 nitrogen and oxygen atoms in total. The number of fused-ring (bicyclic) bond motifs is 1. The van der Waals surface area contributed by atoms with Crippen molar-refractivity contribution in [3.63, 3.8) is 0 Å². The molecule has 6 heteroatoms. The molecule has 0 amide bonds. The smallest absolute Gasteiger partial charge is 0.399 e. The van der Waals surface area contributed by atoms with Gasteiger partial charge in [-0.2, -0.15) is 0 Å². The van der Waals surface area contributed by atoms with Gasteiger partial charge in [-0.15, -0.1) is 0 Å². The molecule has 2 saturated heterocycles. The molecule has 1 aromatic rings. The van der Waals surface area contributed by atoms with Crippen LogP contribution in [0.3, 0.4) is 0 Å². The van der Waals surface area contributed by atoms with E-state index in [1.165, 1.54) is 5.56 Å². The summed E-state index contributed by atoms with van der Waals surface area (Å²) >= 11 is 0. The zero-order valence-corrected chi connectivity index (χ0v) is 15.6. The molecule has 0 spiro atoms. The van der Waals surface area contributed by atoms with Gasteiger partial charge < -0.3 is 14.0 Å². The molecule has 4 rings (SSSR count). The number of benzene rings is 1. The molecule has 0 N–H and O–H groups in total. The van der Waals surface area contributed by atoms with Crippen molar-refractivity contribution >= 4 is 12.6 Å². The zero-order chi connectivity index (χ0) is 17.8. The van der Waals surface area contributed by atoms with E-state index in [-0.39, 0.29) is 5.82 Å². The lowest BCUT2D eigenvalue weighted by molar-refractivity contribution is 0.00578. The molecular formula is C19H27BFNO3. The fraction of sp³-hybridized carbons (Fsp3) is 0.684. The zero-order valence-electron chi connectivity index (χ0n) is 15.6. The van der Waals surface area contributed by atoms with Gasteiger partial charge in [0.15, 0.2) is 0 Å². The molecule has 0 bridgehead atoms. The first kappa shape index (κ1) is 17.5. The highest BCUT2D eigenvalue weighted by Gasteiger charge is 2.52. The molecule has 1 atom stereocenters. The van der Waals surface area contributed by atoms with Crippen molar-refractivity contribution in [2.45, 2.75) is 57.8 Å². The van der Waals surface area contributed by atoms with E-state index in [0.717, 1.165) is 44.7 Å². The number of morpholine rings is 1. The predicted molar refractivity (Wildman–Crippen MR) is 95.6 cm³/mol. The second-order valence-electron chi connectivity index (χ2n) is 8.36. The van der Waals surface area contributed by atoms with Crippen LogP contribution in [0.4, 0.5) is 4.39 Å². The Labute approximate surface area is 149 Å². The summed E-state index contributed by atoms with van der Waals surface area (Å²) in [5.74, 6) is -0.225. The monoisotopic (exact) mass is 347 g/mol. The van der Waals surface area contributed by atoms with Crippen LogP contribution in [0, 0.1) is 5.82 Å². The second kappa shape index (κ2) is 6.05. The molecule has 25 heavy (non-hydrogen) atoms. The third-order valence-corrected chi connectivity index (χ3v) is 6.30. The summed E-state index contributed by atoms with van der Waals surface area (Å²) in [6, 6.07) is 3.98. The molecule has 0 aromatic heterocycles. The second-order valence-corrected chi connectivity index (χ2v) is 8.36. The maximum Gasteiger partial charge on any atom is 0.497 e. The van der Waals surface area contributed by atoms with Gasteiger partial charge in [0.25, 0.3) is 0 Å². The van der Waals surface area contributed by atoms with Gasteiger partial charge in [0.05, 0.1) is 24.4 Å². The van der Waals surface area contributed by atoms with Crippen molar-refractivity contribution in [1.82, 2.24) is 4.90 Å². The Morgan fingerprint density at radius 1 is 1.08 bits per heavy atom. The van der Waals surface area contributed by atoms with E-state index in [4.69, 9.17) is 14.0 Å². The molecule has 0 saturated carbocycles. The lowest BCUT2D eigenvalue weighted by Crippen LogP contribution is -2.41. The summed E-state index contributed by atoms with van der Waals surface area (Å²) in [5, 5.41) is 0. The summed E-state index contributed by atoms with van der Waals surface area (Å²) in [6.07, 6.45) is 2.02. The Morgan fingerprint density at radius 3 is 2.36 bits per heavy atom. The Morgan fingerprint density at radius 2 is 1.72 bits per heavy atom. The Hall–Kier alpha value is -0.945. The number of ether oxygens (including phenoxy) is 1. The number of halogens is 1. The van der Waals surface area contributed by atoms with Crippen molar-refractivity contribution in [1.29, 1.82) is 0 Å². The van der Waals surface area contributed by atoms with Gasteiger partial charge in [-0.3, -0.25) is 4.90 Å². The molecule has 2 fully saturated rings. The van der Waals surface area contributed by atoms with Crippen molar-refractivity contribution in [3.8, 4) is 0 Å². The van der Waals surface area contributed by atoms with E-state index < -0.39 is 18.3 Å². The molecular weight excluding hydrogens is 320 g/mol. The lowest BCUT2D eigenvalue weighted by atomic mass is 9.77. The lowest BCUT2D eigenvalue weighted by Gasteiger charge is -2.32. The SMILES string of the molecule is CC1(C)OB(c2cc3c(cc2F)C(N2CCOCC2)CC3)OC1(C)C. The van der Waals surface area contributed by atoms with Crippen LogP contribution in [0.5, 0.6) is 0 Å². The quantitative estimate of drug-likeness (QED) is 0.769. The highest BCUT2D eigenvalue weighted by molar-refractivity contribution is 6.62. The molecule has 136 valence electrons. The normalized spacial score (nSPS) is 28.4. The maximum absolute atomic E-state index is 14.9. The third kappa shape index (κ3) is 2.93. The Kier molecular flexibility index (Phi) is 4.23. The Bertz CT molecular complexity index is 657. The molecule has 0 radical (unpaired) electrons. The minimum absolute atomic E-state index is 0.225. The minimum Gasteiger partial charge on any atom is -0.399 e. The van der Waals surface area contributed by atoms with Gasteiger partial charge in [-0.1, -0.05) is 6.07 Å². The van der Waals surface area contributed by atoms with E-state index in [2.05, 4.69) is 4.90 Å². The molecule has 2 aliphatic heterocycles. The van der Waals surface area contributed by atoms with Crippen LogP contribution in [-0.2, 0) is 20.5 Å². The Balaban J connectivity index is 1.61. The van der Waals surface area contributed by atoms with Crippen molar-refractivity contribution in [2.24, 2.45) is 0 Å². The average Bonchev–Trinajstić information content (AvgIpc) is 3.05. The molecule has 2 heterocycles. The van der Waals surface area contributed by atoms with E-state index in [9.17, 15) is 4.39 Å². The van der Waals surface area contributed by atoms with Gasteiger partial charge in [0.1, 0.15) is 5.82 Å². The van der Waals surface area contributed by atoms with Gasteiger partial charge in [0.2, 0.25) is 0 Å². The standard InChI is InChI=1S/C19H27BFNO3/c1-18(2)19(3,4)25-20(24-18)15-11-13-5-6-17(14(13)12-16(15)21)22-7-9-23-10-8-22/h11-12,17H,5-10H2,1-4H3. The van der Waals surface area contributed by atoms with Crippen LogP contribution in [0.1, 0.15) is 51.3 Å². The van der Waals surface area contributed by atoms with Crippen LogP contribution in [-0.4, -0.2) is 49.5 Å². The minimum atomic E-state index is -0.641. The van der Waals surface area contributed by atoms with Crippen LogP contribution in [0.25, 0.3) is 0 Å². The van der Waals surface area contributed by atoms with Crippen LogP contribution in [0.15, 0.2) is 12.1 Å². The van der Waals surface area contributed by atoms with Crippen LogP contribution >= 0.6 is 0 Å². The summed E-state index contributed by atoms with van der Waals surface area (Å²) < 4.78 is 32.5. The van der Waals surface area contributed by atoms with Gasteiger partial charge in [-0.05, 0) is 57.7 Å². The summed E-state index contributed by atoms with van der Waals surface area (Å²) in [5.41, 5.74) is 1.96. The van der Waals surface area contributed by atoms with Crippen LogP contribution < -0.4 is 5.46 Å². The third-order valence-electron chi connectivity index (χ3n) is 6.30. The van der Waals surface area contributed by atoms with Gasteiger partial charge >= 0.3 is 7.12 Å². The number of hydrogen-bond donors (Lipinski definition) is 0. The van der Waals surface area contributed by atoms with E-state index in [1.807, 2.05) is 33.8 Å². The number of aryl methyl sites for hydroxylation is 1.